The minimum Gasteiger partial charge on any atom is -0.870 e. The number of aryl methyl sites for hydroxylation is 2. The summed E-state index contributed by atoms with van der Waals surface area (Å²) in [6.45, 7) is 0.709. The van der Waals surface area contributed by atoms with Crippen molar-refractivity contribution in [3.63, 3.8) is 0 Å². The second-order valence-corrected chi connectivity index (χ2v) is 11.5. The van der Waals surface area contributed by atoms with Crippen molar-refractivity contribution < 1.29 is 51.4 Å². The fraction of sp³-hybridized carbons (Fsp3) is 0.406. The molecule has 0 saturated heterocycles. The Morgan fingerprint density at radius 3 is 2.25 bits per heavy atom. The van der Waals surface area contributed by atoms with E-state index >= 15 is 0 Å². The van der Waals surface area contributed by atoms with E-state index < -0.39 is 37.1 Å². The van der Waals surface area contributed by atoms with E-state index in [1.165, 1.54) is 6.07 Å². The fourth-order valence-electron chi connectivity index (χ4n) is 6.75. The maximum Gasteiger partial charge on any atom is 0.394 e. The molecule has 3 aromatic rings. The van der Waals surface area contributed by atoms with Crippen molar-refractivity contribution in [3.05, 3.63) is 81.9 Å². The van der Waals surface area contributed by atoms with Crippen LogP contribution < -0.4 is 14.5 Å². The molecule has 6 nitrogen and oxygen atoms in total. The highest BCUT2D eigenvalue weighted by molar-refractivity contribution is 5.90. The normalized spacial score (nSPS) is 19.1. The molecule has 6 rings (SSSR count). The van der Waals surface area contributed by atoms with Gasteiger partial charge in [0.1, 0.15) is 17.2 Å². The van der Waals surface area contributed by atoms with Gasteiger partial charge in [-0.2, -0.15) is 26.3 Å². The summed E-state index contributed by atoms with van der Waals surface area (Å²) in [4.78, 5) is 14.7. The number of alkyl halides is 6. The number of hydrogen-bond donors (Lipinski definition) is 2. The van der Waals surface area contributed by atoms with Gasteiger partial charge in [0, 0.05) is 59.9 Å². The molecule has 0 bridgehead atoms. The molecule has 3 aliphatic rings. The third kappa shape index (κ3) is 6.37. The first-order valence-electron chi connectivity index (χ1n) is 14.5. The molecule has 236 valence electrons. The first-order valence-corrected chi connectivity index (χ1v) is 14.5. The average molecular weight is 623 g/mol. The third-order valence-electron chi connectivity index (χ3n) is 8.69. The third-order valence-corrected chi connectivity index (χ3v) is 8.69. The van der Waals surface area contributed by atoms with Crippen LogP contribution in [-0.4, -0.2) is 55.1 Å². The van der Waals surface area contributed by atoms with E-state index in [9.17, 15) is 36.2 Å². The van der Waals surface area contributed by atoms with Gasteiger partial charge in [-0.25, -0.2) is 4.79 Å². The van der Waals surface area contributed by atoms with Crippen molar-refractivity contribution in [1.29, 1.82) is 0 Å². The quantitative estimate of drug-likeness (QED) is 0.237. The summed E-state index contributed by atoms with van der Waals surface area (Å²) in [6, 6.07) is 14.1. The number of carboxylic acids is 1. The maximum atomic E-state index is 13.1. The largest absolute Gasteiger partial charge is 0.870 e. The zero-order chi connectivity index (χ0) is 30.5. The number of nitrogens with one attached hydrogen (secondary N) is 1. The van der Waals surface area contributed by atoms with Gasteiger partial charge in [-0.05, 0) is 48.6 Å². The number of carbonyl (C=O) groups is 1. The monoisotopic (exact) mass is 622 g/mol. The van der Waals surface area contributed by atoms with Crippen LogP contribution in [0.15, 0.2) is 48.5 Å². The Kier molecular flexibility index (Phi) is 8.60. The minimum atomic E-state index is -4.30. The molecule has 0 aliphatic carbocycles. The first kappa shape index (κ1) is 31.6. The summed E-state index contributed by atoms with van der Waals surface area (Å²) < 4.78 is 85.0. The van der Waals surface area contributed by atoms with Gasteiger partial charge in [-0.1, -0.05) is 18.2 Å². The lowest BCUT2D eigenvalue weighted by atomic mass is 9.78. The zero-order valence-corrected chi connectivity index (χ0v) is 23.7. The standard InChI is InChI=1S/C32H30F6N2O3.H2O/c33-31(34,35)9-13-39-11-3-5-19-15-23-27(17-25(19)39)43-28-18-26-20(6-4-12-40(26)14-10-32(36,37)38)16-24(28)29(23)21-7-1-2-8-22(21)30(41)42;/h1-2,7-8,15-18,29H,3-6,9-14H2,(H,41,42);1H2. The number of hydrogen-bond acceptors (Lipinski definition) is 4. The molecule has 0 saturated carbocycles. The smallest absolute Gasteiger partial charge is 0.394 e. The van der Waals surface area contributed by atoms with Crippen LogP contribution in [0.4, 0.5) is 37.7 Å². The van der Waals surface area contributed by atoms with E-state index in [4.69, 9.17) is 4.74 Å². The van der Waals surface area contributed by atoms with Gasteiger partial charge in [-0.3, -0.25) is 0 Å². The molecule has 0 spiro atoms. The number of halogens is 6. The van der Waals surface area contributed by atoms with E-state index in [0.29, 0.717) is 66.4 Å². The van der Waals surface area contributed by atoms with Gasteiger partial charge in [0.15, 0.2) is 0 Å². The van der Waals surface area contributed by atoms with Gasteiger partial charge in [0.05, 0.1) is 31.5 Å². The van der Waals surface area contributed by atoms with Crippen molar-refractivity contribution in [3.8, 4) is 11.5 Å². The molecule has 2 unspecified atom stereocenters. The number of aromatic carboxylic acids is 1. The van der Waals surface area contributed by atoms with E-state index in [-0.39, 0.29) is 24.1 Å². The van der Waals surface area contributed by atoms with Gasteiger partial charge in [0.2, 0.25) is 0 Å². The van der Waals surface area contributed by atoms with Crippen molar-refractivity contribution >= 4 is 17.3 Å². The van der Waals surface area contributed by atoms with Crippen molar-refractivity contribution in [2.45, 2.75) is 56.8 Å². The van der Waals surface area contributed by atoms with E-state index in [2.05, 4.69) is 0 Å². The molecule has 0 aromatic heterocycles. The molecule has 0 radical (unpaired) electrons. The SMILES string of the molecule is O=C(O)c1ccccc1C1c2cc3c(cc2Oc2cc4c(cc21)CCC[NH+]4CCC(F)(F)F)N(CCC(F)(F)F)CCC3.[OH-]. The Labute approximate surface area is 250 Å². The van der Waals surface area contributed by atoms with Crippen LogP contribution >= 0.6 is 0 Å². The summed E-state index contributed by atoms with van der Waals surface area (Å²) in [7, 11) is 0. The molecule has 0 amide bonds. The van der Waals surface area contributed by atoms with E-state index in [0.717, 1.165) is 27.9 Å². The highest BCUT2D eigenvalue weighted by atomic mass is 19.4. The molecule has 3 aromatic carbocycles. The Bertz CT molecular complexity index is 1470. The molecule has 3 N–H and O–H groups in total. The summed E-state index contributed by atoms with van der Waals surface area (Å²) in [5.74, 6) is -0.821. The number of rotatable bonds is 6. The highest BCUT2D eigenvalue weighted by Crippen LogP contribution is 2.51. The summed E-state index contributed by atoms with van der Waals surface area (Å²) in [5, 5.41) is 10.1. The van der Waals surface area contributed by atoms with Crippen LogP contribution in [0.2, 0.25) is 0 Å². The summed E-state index contributed by atoms with van der Waals surface area (Å²) >= 11 is 0. The highest BCUT2D eigenvalue weighted by Gasteiger charge is 2.38. The molecule has 3 heterocycles. The lowest BCUT2D eigenvalue weighted by Gasteiger charge is -2.36. The molecule has 3 aliphatic heterocycles. The number of ether oxygens (including phenoxy) is 1. The topological polar surface area (TPSA) is 84.2 Å². The lowest BCUT2D eigenvalue weighted by Crippen LogP contribution is -3.08. The second-order valence-electron chi connectivity index (χ2n) is 11.5. The van der Waals surface area contributed by atoms with Crippen LogP contribution in [0, 0.1) is 0 Å². The molecule has 12 heteroatoms. The number of anilines is 1. The van der Waals surface area contributed by atoms with Gasteiger partial charge < -0.3 is 25.1 Å². The minimum absolute atomic E-state index is 0. The predicted octanol–water partition coefficient (Wildman–Crippen LogP) is 6.61. The molecular weight excluding hydrogens is 590 g/mol. The van der Waals surface area contributed by atoms with Gasteiger partial charge in [0.25, 0.3) is 0 Å². The fourth-order valence-corrected chi connectivity index (χ4v) is 6.75. The number of fused-ring (bicyclic) bond motifs is 4. The molecular formula is C32H32F6N2O4. The summed E-state index contributed by atoms with van der Waals surface area (Å²) in [5.41, 5.74) is 5.26. The lowest BCUT2D eigenvalue weighted by molar-refractivity contribution is -0.837. The van der Waals surface area contributed by atoms with Gasteiger partial charge >= 0.3 is 18.3 Å². The Balaban J connectivity index is 0.00000384. The first-order chi connectivity index (χ1) is 20.4. The molecule has 2 atom stereocenters. The zero-order valence-electron chi connectivity index (χ0n) is 23.7. The van der Waals surface area contributed by atoms with Crippen molar-refractivity contribution in [2.24, 2.45) is 0 Å². The molecule has 44 heavy (non-hydrogen) atoms. The maximum absolute atomic E-state index is 13.1. The number of quaternary nitrogens is 1. The van der Waals surface area contributed by atoms with Gasteiger partial charge in [-0.15, -0.1) is 0 Å². The Morgan fingerprint density at radius 2 is 1.55 bits per heavy atom. The molecule has 0 fully saturated rings. The second kappa shape index (κ2) is 12.0. The van der Waals surface area contributed by atoms with Crippen LogP contribution in [0.25, 0.3) is 0 Å². The van der Waals surface area contributed by atoms with E-state index in [1.54, 1.807) is 35.2 Å². The number of nitrogens with zero attached hydrogens (tertiary/aromatic N) is 1. The van der Waals surface area contributed by atoms with Crippen LogP contribution in [0.3, 0.4) is 0 Å². The average Bonchev–Trinajstić information content (AvgIpc) is 2.95. The Hall–Kier alpha value is -3.77. The van der Waals surface area contributed by atoms with E-state index in [1.807, 2.05) is 12.1 Å². The number of benzene rings is 3. The Morgan fingerprint density at radius 1 is 0.886 bits per heavy atom. The van der Waals surface area contributed by atoms with Crippen LogP contribution in [-0.2, 0) is 12.8 Å². The predicted molar refractivity (Wildman–Crippen MR) is 150 cm³/mol. The van der Waals surface area contributed by atoms with Crippen LogP contribution in [0.5, 0.6) is 11.5 Å². The summed E-state index contributed by atoms with van der Waals surface area (Å²) in [6.07, 6.45) is -7.72. The number of carboxylic acid groups (broad SMARTS) is 1. The van der Waals surface area contributed by atoms with Crippen molar-refractivity contribution in [1.82, 2.24) is 0 Å². The van der Waals surface area contributed by atoms with Crippen LogP contribution in [0.1, 0.15) is 69.8 Å². The van der Waals surface area contributed by atoms with Crippen molar-refractivity contribution in [2.75, 3.05) is 31.1 Å².